The zero-order chi connectivity index (χ0) is 32.7. The molecular formula is C33H39ClFN9O3. The minimum atomic E-state index is -0.727. The molecular weight excluding hydrogens is 625 g/mol. The number of hydrogen-bond acceptors (Lipinski definition) is 9. The summed E-state index contributed by atoms with van der Waals surface area (Å²) in [5.74, 6) is -0.432. The van der Waals surface area contributed by atoms with Crippen LogP contribution >= 0.6 is 11.6 Å². The molecule has 3 amide bonds. The molecule has 2 aliphatic carbocycles. The number of fused-ring (bicyclic) bond motifs is 1. The van der Waals surface area contributed by atoms with Crippen LogP contribution in [0, 0.1) is 11.7 Å². The standard InChI is InChI=1S/C33H39ClFN9O3/c1-43-28(12-18-2-3-18)23(15-39-43)30-24(34)16-38-33(42-30)40-21-6-4-20(5-7-21)36-10-11-37-26-13-19-17-44(32(47)22(19)14-25(26)35)27-8-9-29(45)41-31(27)46/h13-16,18,20-21,27,36-37H,2-12,17H2,1H3,(H,38,40,42)(H,41,45,46). The van der Waals surface area contributed by atoms with E-state index in [0.29, 0.717) is 53.0 Å². The van der Waals surface area contributed by atoms with Crippen LogP contribution in [0.3, 0.4) is 0 Å². The highest BCUT2D eigenvalue weighted by Crippen LogP contribution is 2.37. The van der Waals surface area contributed by atoms with E-state index in [-0.39, 0.29) is 42.8 Å². The van der Waals surface area contributed by atoms with Gasteiger partial charge in [-0.25, -0.2) is 14.4 Å². The molecule has 0 radical (unpaired) electrons. The van der Waals surface area contributed by atoms with E-state index in [9.17, 15) is 18.8 Å². The number of rotatable bonds is 11. The molecule has 3 aromatic rings. The third-order valence-corrected chi connectivity index (χ3v) is 10.1. The van der Waals surface area contributed by atoms with Crippen molar-refractivity contribution in [1.82, 2.24) is 35.3 Å². The Morgan fingerprint density at radius 2 is 1.79 bits per heavy atom. The predicted octanol–water partition coefficient (Wildman–Crippen LogP) is 3.81. The van der Waals surface area contributed by atoms with Gasteiger partial charge >= 0.3 is 0 Å². The number of carbonyl (C=O) groups is 3. The fraction of sp³-hybridized carbons (Fsp3) is 0.515. The largest absolute Gasteiger partial charge is 0.381 e. The van der Waals surface area contributed by atoms with Gasteiger partial charge in [-0.2, -0.15) is 5.10 Å². The minimum Gasteiger partial charge on any atom is -0.381 e. The van der Waals surface area contributed by atoms with Gasteiger partial charge in [0.05, 0.1) is 28.8 Å². The molecule has 4 heterocycles. The van der Waals surface area contributed by atoms with Crippen molar-refractivity contribution in [3.8, 4) is 11.3 Å². The van der Waals surface area contributed by atoms with Gasteiger partial charge in [-0.15, -0.1) is 0 Å². The van der Waals surface area contributed by atoms with Crippen molar-refractivity contribution in [3.05, 3.63) is 52.2 Å². The second-order valence-corrected chi connectivity index (χ2v) is 13.5. The van der Waals surface area contributed by atoms with Crippen LogP contribution in [0.1, 0.15) is 73.0 Å². The maximum atomic E-state index is 14.9. The third kappa shape index (κ3) is 6.82. The Labute approximate surface area is 277 Å². The number of benzene rings is 1. The lowest BCUT2D eigenvalue weighted by Gasteiger charge is -2.30. The summed E-state index contributed by atoms with van der Waals surface area (Å²) in [6.45, 7) is 1.37. The molecule has 1 unspecified atom stereocenters. The lowest BCUT2D eigenvalue weighted by atomic mass is 9.91. The molecule has 2 aromatic heterocycles. The van der Waals surface area contributed by atoms with Crippen LogP contribution in [0.25, 0.3) is 11.3 Å². The average Bonchev–Trinajstić information content (AvgIpc) is 3.74. The first kappa shape index (κ1) is 31.5. The van der Waals surface area contributed by atoms with Crippen molar-refractivity contribution >= 4 is 41.0 Å². The number of nitrogens with one attached hydrogen (secondary N) is 4. The monoisotopic (exact) mass is 663 g/mol. The van der Waals surface area contributed by atoms with Crippen LogP contribution in [-0.4, -0.2) is 73.6 Å². The number of hydrogen-bond donors (Lipinski definition) is 4. The molecule has 1 atom stereocenters. The zero-order valence-electron chi connectivity index (χ0n) is 26.3. The lowest BCUT2D eigenvalue weighted by Crippen LogP contribution is -2.52. The van der Waals surface area contributed by atoms with Crippen molar-refractivity contribution in [3.63, 3.8) is 0 Å². The first-order valence-corrected chi connectivity index (χ1v) is 16.9. The summed E-state index contributed by atoms with van der Waals surface area (Å²) in [4.78, 5) is 47.4. The van der Waals surface area contributed by atoms with Gasteiger partial charge in [0.15, 0.2) is 0 Å². The number of anilines is 2. The molecule has 14 heteroatoms. The summed E-state index contributed by atoms with van der Waals surface area (Å²) < 4.78 is 16.9. The topological polar surface area (TPSA) is 146 Å². The van der Waals surface area contributed by atoms with E-state index in [1.807, 2.05) is 17.9 Å². The Hall–Kier alpha value is -4.10. The highest BCUT2D eigenvalue weighted by atomic mass is 35.5. The molecule has 4 N–H and O–H groups in total. The number of carbonyl (C=O) groups excluding carboxylic acids is 3. The van der Waals surface area contributed by atoms with Gasteiger partial charge in [-0.05, 0) is 75.0 Å². The maximum absolute atomic E-state index is 14.9. The van der Waals surface area contributed by atoms with Crippen molar-refractivity contribution in [1.29, 1.82) is 0 Å². The molecule has 1 saturated heterocycles. The Morgan fingerprint density at radius 1 is 1.00 bits per heavy atom. The molecule has 4 aliphatic rings. The van der Waals surface area contributed by atoms with Crippen molar-refractivity contribution in [2.24, 2.45) is 13.0 Å². The SMILES string of the molecule is Cn1ncc(-c2nc(NC3CCC(NCCNc4cc5c(cc4F)C(=O)N(C4CCC(=O)NC4=O)C5)CC3)ncc2Cl)c1CC1CC1. The predicted molar refractivity (Wildman–Crippen MR) is 174 cm³/mol. The quantitative estimate of drug-likeness (QED) is 0.178. The Kier molecular flexibility index (Phi) is 8.84. The third-order valence-electron chi connectivity index (χ3n) is 9.78. The molecule has 7 rings (SSSR count). The molecule has 47 heavy (non-hydrogen) atoms. The molecule has 0 spiro atoms. The van der Waals surface area contributed by atoms with Gasteiger partial charge in [0.1, 0.15) is 11.9 Å². The van der Waals surface area contributed by atoms with Gasteiger partial charge in [-0.1, -0.05) is 11.6 Å². The van der Waals surface area contributed by atoms with Crippen molar-refractivity contribution in [2.75, 3.05) is 23.7 Å². The van der Waals surface area contributed by atoms with Crippen LogP contribution in [0.2, 0.25) is 5.02 Å². The normalized spacial score (nSPS) is 22.7. The first-order chi connectivity index (χ1) is 22.7. The molecule has 0 bridgehead atoms. The summed E-state index contributed by atoms with van der Waals surface area (Å²) in [5, 5.41) is 17.5. The summed E-state index contributed by atoms with van der Waals surface area (Å²) in [6, 6.07) is 2.77. The summed E-state index contributed by atoms with van der Waals surface area (Å²) in [6.07, 6.45) is 11.3. The smallest absolute Gasteiger partial charge is 0.255 e. The van der Waals surface area contributed by atoms with Crippen molar-refractivity contribution in [2.45, 2.75) is 82.5 Å². The van der Waals surface area contributed by atoms with Crippen LogP contribution in [0.5, 0.6) is 0 Å². The second-order valence-electron chi connectivity index (χ2n) is 13.1. The number of aromatic nitrogens is 4. The highest BCUT2D eigenvalue weighted by molar-refractivity contribution is 6.33. The maximum Gasteiger partial charge on any atom is 0.255 e. The van der Waals surface area contributed by atoms with E-state index in [1.54, 1.807) is 12.3 Å². The number of halogens is 2. The molecule has 3 fully saturated rings. The van der Waals surface area contributed by atoms with Crippen LogP contribution in [-0.2, 0) is 29.6 Å². The number of nitrogens with zero attached hydrogens (tertiary/aromatic N) is 5. The fourth-order valence-corrected chi connectivity index (χ4v) is 7.14. The van der Waals surface area contributed by atoms with E-state index >= 15 is 0 Å². The minimum absolute atomic E-state index is 0.175. The summed E-state index contributed by atoms with van der Waals surface area (Å²) >= 11 is 6.55. The number of piperidine rings is 1. The first-order valence-electron chi connectivity index (χ1n) is 16.5. The van der Waals surface area contributed by atoms with E-state index < -0.39 is 17.8 Å². The number of amides is 3. The Bertz CT molecular complexity index is 1700. The van der Waals surface area contributed by atoms with Crippen LogP contribution in [0.15, 0.2) is 24.5 Å². The van der Waals surface area contributed by atoms with Crippen molar-refractivity contribution < 1.29 is 18.8 Å². The van der Waals surface area contributed by atoms with E-state index in [0.717, 1.165) is 43.4 Å². The van der Waals surface area contributed by atoms with Gasteiger partial charge in [0.25, 0.3) is 5.91 Å². The summed E-state index contributed by atoms with van der Waals surface area (Å²) in [7, 11) is 1.96. The van der Waals surface area contributed by atoms with E-state index in [4.69, 9.17) is 16.6 Å². The van der Waals surface area contributed by atoms with Gasteiger partial charge in [0.2, 0.25) is 17.8 Å². The van der Waals surface area contributed by atoms with Crippen LogP contribution < -0.4 is 21.3 Å². The number of imide groups is 1. The summed E-state index contributed by atoms with van der Waals surface area (Å²) in [5.41, 5.74) is 4.10. The molecule has 248 valence electrons. The van der Waals surface area contributed by atoms with Gasteiger partial charge in [-0.3, -0.25) is 24.4 Å². The molecule has 1 aromatic carbocycles. The Balaban J connectivity index is 0.874. The highest BCUT2D eigenvalue weighted by Gasteiger charge is 2.39. The average molecular weight is 664 g/mol. The van der Waals surface area contributed by atoms with E-state index in [1.165, 1.54) is 23.8 Å². The second kappa shape index (κ2) is 13.2. The van der Waals surface area contributed by atoms with Crippen LogP contribution in [0.4, 0.5) is 16.0 Å². The van der Waals surface area contributed by atoms with E-state index in [2.05, 4.69) is 31.3 Å². The van der Waals surface area contributed by atoms with Gasteiger partial charge < -0.3 is 20.9 Å². The van der Waals surface area contributed by atoms with Gasteiger partial charge in [0, 0.05) is 62.0 Å². The zero-order valence-corrected chi connectivity index (χ0v) is 27.1. The molecule has 12 nitrogen and oxygen atoms in total. The molecule has 2 saturated carbocycles. The number of aryl methyl sites for hydroxylation is 1. The fourth-order valence-electron chi connectivity index (χ4n) is 6.95. The Morgan fingerprint density at radius 3 is 2.55 bits per heavy atom. The lowest BCUT2D eigenvalue weighted by molar-refractivity contribution is -0.136. The molecule has 2 aliphatic heterocycles.